The molecule has 0 aliphatic heterocycles. The molecule has 0 bridgehead atoms. The molecule has 0 atom stereocenters. The number of halogens is 1. The van der Waals surface area contributed by atoms with Crippen molar-refractivity contribution in [2.45, 2.75) is 12.1 Å². The number of oxazole rings is 1. The molecule has 31 heavy (non-hydrogen) atoms. The number of benzene rings is 2. The number of para-hydroxylation sites is 1. The van der Waals surface area contributed by atoms with Crippen molar-refractivity contribution in [1.29, 1.82) is 0 Å². The molecule has 1 heterocycles. The number of carbonyl (C=O) groups excluding carboxylic acids is 1. The molecule has 0 aliphatic rings. The van der Waals surface area contributed by atoms with E-state index >= 15 is 0 Å². The summed E-state index contributed by atoms with van der Waals surface area (Å²) in [6.45, 7) is 4.55. The number of hydrogen-bond acceptors (Lipinski definition) is 7. The number of hydrogen-bond donors (Lipinski definition) is 4. The first-order valence-electron chi connectivity index (χ1n) is 8.40. The molecule has 0 unspecified atom stereocenters. The minimum atomic E-state index is -5.14. The second kappa shape index (κ2) is 9.71. The Morgan fingerprint density at radius 1 is 1.32 bits per heavy atom. The molecule has 0 fully saturated rings. The van der Waals surface area contributed by atoms with E-state index in [-0.39, 0.29) is 26.8 Å². The van der Waals surface area contributed by atoms with Gasteiger partial charge in [0.25, 0.3) is 0 Å². The van der Waals surface area contributed by atoms with Crippen LogP contribution in [0, 0.1) is 0 Å². The topological polar surface area (TPSA) is 167 Å². The molecule has 0 aliphatic carbocycles. The number of phenolic OH excluding ortho intramolecular Hbond substituents is 1. The fourth-order valence-corrected chi connectivity index (χ4v) is 4.94. The molecule has 1 amide bonds. The van der Waals surface area contributed by atoms with E-state index in [2.05, 4.69) is 16.9 Å². The molecule has 2 aromatic carbocycles. The number of sulfone groups is 1. The maximum absolute atomic E-state index is 11.6. The Balaban J connectivity index is 0.000000221. The monoisotopic (exact) mass is 532 g/mol. The second-order valence-electron chi connectivity index (χ2n) is 6.06. The van der Waals surface area contributed by atoms with Gasteiger partial charge < -0.3 is 4.42 Å². The molecule has 3 rings (SSSR count). The van der Waals surface area contributed by atoms with Crippen LogP contribution in [-0.4, -0.2) is 52.5 Å². The van der Waals surface area contributed by atoms with Crippen molar-refractivity contribution in [3.05, 3.63) is 54.1 Å². The van der Waals surface area contributed by atoms with E-state index in [1.807, 2.05) is 0 Å². The standard InChI is InChI=1S/C10H8ClNO3S.C8H10AsNO5/c1-2-5-16(13,14)10-12-8-4-3-7(11)6-9(8)15-10;1-5(11)10-8-6(9(13,14)15)3-2-4-7(8)12/h2-4,6H,1,5H2;2-4,12H,1H3,(H,10,11)(H2,13,14,15). The predicted molar refractivity (Wildman–Crippen MR) is 114 cm³/mol. The summed E-state index contributed by atoms with van der Waals surface area (Å²) >= 11 is 0.608. The summed E-state index contributed by atoms with van der Waals surface area (Å²) in [5, 5.41) is 11.7. The van der Waals surface area contributed by atoms with E-state index in [0.29, 0.717) is 16.1 Å². The van der Waals surface area contributed by atoms with Gasteiger partial charge in [-0.3, -0.25) is 0 Å². The van der Waals surface area contributed by atoms with Crippen molar-refractivity contribution >= 4 is 62.7 Å². The predicted octanol–water partition coefficient (Wildman–Crippen LogP) is 1.35. The molecule has 1 aromatic heterocycles. The Hall–Kier alpha value is -2.56. The van der Waals surface area contributed by atoms with Crippen LogP contribution < -0.4 is 9.67 Å². The van der Waals surface area contributed by atoms with Gasteiger partial charge in [0.15, 0.2) is 5.58 Å². The summed E-state index contributed by atoms with van der Waals surface area (Å²) < 4.78 is 57.2. The van der Waals surface area contributed by atoms with Crippen molar-refractivity contribution < 1.29 is 34.7 Å². The molecule has 0 saturated carbocycles. The zero-order valence-electron chi connectivity index (χ0n) is 16.0. The Kier molecular flexibility index (Phi) is 7.74. The van der Waals surface area contributed by atoms with Gasteiger partial charge in [0.05, 0.1) is 5.75 Å². The Morgan fingerprint density at radius 2 is 2.00 bits per heavy atom. The zero-order chi connectivity index (χ0) is 23.4. The normalized spacial score (nSPS) is 11.5. The van der Waals surface area contributed by atoms with Gasteiger partial charge in [-0.25, -0.2) is 8.42 Å². The summed E-state index contributed by atoms with van der Waals surface area (Å²) in [5.74, 6) is -1.08. The first-order valence-corrected chi connectivity index (χ1v) is 13.8. The van der Waals surface area contributed by atoms with Gasteiger partial charge in [0.2, 0.25) is 9.84 Å². The van der Waals surface area contributed by atoms with Gasteiger partial charge in [-0.1, -0.05) is 17.7 Å². The third-order valence-corrected chi connectivity index (χ3v) is 7.28. The molecule has 0 saturated heterocycles. The molecular weight excluding hydrogens is 515 g/mol. The van der Waals surface area contributed by atoms with E-state index in [1.54, 1.807) is 12.1 Å². The van der Waals surface area contributed by atoms with Crippen molar-refractivity contribution in [2.24, 2.45) is 0 Å². The van der Waals surface area contributed by atoms with Crippen LogP contribution in [0.1, 0.15) is 6.92 Å². The summed E-state index contributed by atoms with van der Waals surface area (Å²) in [7, 11) is -3.52. The second-order valence-corrected chi connectivity index (χ2v) is 11.7. The van der Waals surface area contributed by atoms with E-state index in [0.717, 1.165) is 0 Å². The van der Waals surface area contributed by atoms with Gasteiger partial charge in [-0.2, -0.15) is 4.98 Å². The molecule has 3 aromatic rings. The Labute approximate surface area is 185 Å². The van der Waals surface area contributed by atoms with Crippen molar-refractivity contribution in [3.8, 4) is 5.75 Å². The van der Waals surface area contributed by atoms with Crippen molar-refractivity contribution in [2.75, 3.05) is 11.1 Å². The van der Waals surface area contributed by atoms with Crippen LogP contribution in [0.15, 0.2) is 58.7 Å². The number of anilines is 1. The number of rotatable bonds is 5. The number of amides is 1. The van der Waals surface area contributed by atoms with Gasteiger partial charge in [-0.05, 0) is 12.1 Å². The third-order valence-electron chi connectivity index (χ3n) is 3.57. The van der Waals surface area contributed by atoms with E-state index in [1.165, 1.54) is 37.3 Å². The van der Waals surface area contributed by atoms with Crippen LogP contribution in [-0.2, 0) is 18.4 Å². The van der Waals surface area contributed by atoms with Crippen molar-refractivity contribution in [1.82, 2.24) is 4.98 Å². The van der Waals surface area contributed by atoms with E-state index in [9.17, 15) is 22.1 Å². The quantitative estimate of drug-likeness (QED) is 0.215. The van der Waals surface area contributed by atoms with Crippen LogP contribution in [0.3, 0.4) is 0 Å². The Morgan fingerprint density at radius 3 is 2.58 bits per heavy atom. The molecule has 4 N–H and O–H groups in total. The molecule has 13 heteroatoms. The maximum atomic E-state index is 11.6. The minimum absolute atomic E-state index is 0.201. The first kappa shape index (κ1) is 24.7. The fraction of sp³-hybridized carbons (Fsp3) is 0.111. The van der Waals surface area contributed by atoms with Crippen LogP contribution >= 0.6 is 11.6 Å². The average Bonchev–Trinajstić information content (AvgIpc) is 3.07. The van der Waals surface area contributed by atoms with Crippen LogP contribution in [0.4, 0.5) is 5.69 Å². The summed E-state index contributed by atoms with van der Waals surface area (Å²) in [6, 6.07) is 8.46. The van der Waals surface area contributed by atoms with Crippen LogP contribution in [0.25, 0.3) is 11.1 Å². The number of phenols is 1. The number of fused-ring (bicyclic) bond motifs is 1. The van der Waals surface area contributed by atoms with Gasteiger partial charge in [0, 0.05) is 11.1 Å². The van der Waals surface area contributed by atoms with Crippen LogP contribution in [0.5, 0.6) is 5.75 Å². The molecule has 0 radical (unpaired) electrons. The summed E-state index contributed by atoms with van der Waals surface area (Å²) in [5.41, 5.74) is 0.597. The number of aromatic hydroxyl groups is 1. The molecule has 166 valence electrons. The number of carbonyl (C=O) groups is 1. The molecule has 0 spiro atoms. The van der Waals surface area contributed by atoms with Crippen LogP contribution in [0.2, 0.25) is 5.02 Å². The average molecular weight is 533 g/mol. The van der Waals surface area contributed by atoms with Gasteiger partial charge >= 0.3 is 93.4 Å². The summed E-state index contributed by atoms with van der Waals surface area (Å²) in [4.78, 5) is 14.7. The van der Waals surface area contributed by atoms with E-state index < -0.39 is 29.9 Å². The van der Waals surface area contributed by atoms with E-state index in [4.69, 9.17) is 24.2 Å². The number of aromatic nitrogens is 1. The molecule has 10 nitrogen and oxygen atoms in total. The first-order chi connectivity index (χ1) is 14.3. The molecular formula is C18H18AsClN2O8S. The SMILES string of the molecule is C=CCS(=O)(=O)c1nc2ccc(Cl)cc2o1.CC(=O)Nc1c(O)cccc1[As](=O)(O)O. The number of nitrogens with one attached hydrogen (secondary N) is 1. The Bertz CT molecular complexity index is 1280. The third kappa shape index (κ3) is 6.46. The van der Waals surface area contributed by atoms with Gasteiger partial charge in [0.1, 0.15) is 5.52 Å². The number of nitrogens with zero attached hydrogens (tertiary/aromatic N) is 1. The fourth-order valence-electron chi connectivity index (χ4n) is 2.31. The zero-order valence-corrected chi connectivity index (χ0v) is 19.5. The van der Waals surface area contributed by atoms with Gasteiger partial charge in [-0.15, -0.1) is 6.58 Å². The van der Waals surface area contributed by atoms with Crippen molar-refractivity contribution in [3.63, 3.8) is 0 Å². The summed E-state index contributed by atoms with van der Waals surface area (Å²) in [6.07, 6.45) is 1.29.